The Labute approximate surface area is 140 Å². The Morgan fingerprint density at radius 3 is 3.04 bits per heavy atom. The third-order valence-corrected chi connectivity index (χ3v) is 4.29. The van der Waals surface area contributed by atoms with Crippen molar-refractivity contribution in [1.82, 2.24) is 29.5 Å². The minimum Gasteiger partial charge on any atom is -0.368 e. The van der Waals surface area contributed by atoms with Gasteiger partial charge in [0.05, 0.1) is 12.3 Å². The van der Waals surface area contributed by atoms with E-state index in [9.17, 15) is 0 Å². The van der Waals surface area contributed by atoms with Crippen LogP contribution in [0.3, 0.4) is 0 Å². The molecule has 3 aromatic heterocycles. The molecule has 3 aromatic rings. The summed E-state index contributed by atoms with van der Waals surface area (Å²) in [5, 5.41) is 7.31. The second-order valence-electron chi connectivity index (χ2n) is 6.53. The molecule has 0 radical (unpaired) electrons. The molecule has 0 saturated carbocycles. The zero-order chi connectivity index (χ0) is 16.5. The van der Waals surface area contributed by atoms with Crippen LogP contribution in [0.5, 0.6) is 0 Å². The van der Waals surface area contributed by atoms with Crippen LogP contribution in [0.25, 0.3) is 5.65 Å². The van der Waals surface area contributed by atoms with Gasteiger partial charge in [-0.3, -0.25) is 10.00 Å². The van der Waals surface area contributed by atoms with Crippen LogP contribution in [0.15, 0.2) is 30.6 Å². The SMILES string of the molecule is CC(C)c1n[nH]c(C2CN(Cc3cn4ccccc4n3)CCO2)n1. The molecule has 1 unspecified atom stereocenters. The number of fused-ring (bicyclic) bond motifs is 1. The molecule has 0 spiro atoms. The lowest BCUT2D eigenvalue weighted by molar-refractivity contribution is -0.0374. The summed E-state index contributed by atoms with van der Waals surface area (Å²) in [4.78, 5) is 11.6. The summed E-state index contributed by atoms with van der Waals surface area (Å²) in [5.41, 5.74) is 2.05. The van der Waals surface area contributed by atoms with Crippen LogP contribution in [-0.4, -0.2) is 49.2 Å². The van der Waals surface area contributed by atoms with Gasteiger partial charge in [-0.1, -0.05) is 19.9 Å². The van der Waals surface area contributed by atoms with Crippen molar-refractivity contribution in [1.29, 1.82) is 0 Å². The van der Waals surface area contributed by atoms with E-state index in [1.807, 2.05) is 24.4 Å². The van der Waals surface area contributed by atoms with E-state index in [-0.39, 0.29) is 6.10 Å². The summed E-state index contributed by atoms with van der Waals surface area (Å²) in [5.74, 6) is 1.97. The van der Waals surface area contributed by atoms with Gasteiger partial charge in [-0.2, -0.15) is 5.10 Å². The number of hydrogen-bond donors (Lipinski definition) is 1. The molecule has 0 amide bonds. The first-order valence-electron chi connectivity index (χ1n) is 8.38. The third kappa shape index (κ3) is 3.05. The zero-order valence-corrected chi connectivity index (χ0v) is 14.0. The normalized spacial score (nSPS) is 19.4. The smallest absolute Gasteiger partial charge is 0.155 e. The molecule has 1 aliphatic heterocycles. The Bertz CT molecular complexity index is 790. The Morgan fingerprint density at radius 1 is 1.33 bits per heavy atom. The van der Waals surface area contributed by atoms with Crippen LogP contribution in [-0.2, 0) is 11.3 Å². The van der Waals surface area contributed by atoms with E-state index in [2.05, 4.69) is 49.5 Å². The van der Waals surface area contributed by atoms with Gasteiger partial charge in [0, 0.05) is 37.9 Å². The summed E-state index contributed by atoms with van der Waals surface area (Å²) in [6, 6.07) is 6.04. The highest BCUT2D eigenvalue weighted by atomic mass is 16.5. The first-order valence-corrected chi connectivity index (χ1v) is 8.38. The summed E-state index contributed by atoms with van der Waals surface area (Å²) in [7, 11) is 0. The topological polar surface area (TPSA) is 71.3 Å². The average Bonchev–Trinajstić information content (AvgIpc) is 3.21. The van der Waals surface area contributed by atoms with Crippen molar-refractivity contribution in [2.24, 2.45) is 0 Å². The molecule has 1 aliphatic rings. The average molecular weight is 326 g/mol. The van der Waals surface area contributed by atoms with E-state index in [4.69, 9.17) is 4.74 Å². The predicted molar refractivity (Wildman–Crippen MR) is 89.6 cm³/mol. The maximum absolute atomic E-state index is 5.88. The number of aromatic nitrogens is 5. The van der Waals surface area contributed by atoms with Gasteiger partial charge in [0.25, 0.3) is 0 Å². The van der Waals surface area contributed by atoms with E-state index in [0.717, 1.165) is 42.6 Å². The second-order valence-corrected chi connectivity index (χ2v) is 6.53. The van der Waals surface area contributed by atoms with Crippen molar-refractivity contribution in [3.63, 3.8) is 0 Å². The molecule has 0 bridgehead atoms. The lowest BCUT2D eigenvalue weighted by Crippen LogP contribution is -2.38. The maximum atomic E-state index is 5.88. The number of rotatable bonds is 4. The molecule has 0 aliphatic carbocycles. The fourth-order valence-electron chi connectivity index (χ4n) is 2.99. The molecule has 1 fully saturated rings. The van der Waals surface area contributed by atoms with Crippen molar-refractivity contribution in [2.45, 2.75) is 32.4 Å². The first-order chi connectivity index (χ1) is 11.7. The lowest BCUT2D eigenvalue weighted by atomic mass is 10.2. The summed E-state index contributed by atoms with van der Waals surface area (Å²) in [6.07, 6.45) is 4.05. The number of morpholine rings is 1. The van der Waals surface area contributed by atoms with Crippen molar-refractivity contribution in [3.8, 4) is 0 Å². The Morgan fingerprint density at radius 2 is 2.25 bits per heavy atom. The van der Waals surface area contributed by atoms with E-state index < -0.39 is 0 Å². The molecule has 1 saturated heterocycles. The molecule has 0 aromatic carbocycles. The quantitative estimate of drug-likeness (QED) is 0.795. The van der Waals surface area contributed by atoms with E-state index in [0.29, 0.717) is 12.5 Å². The highest BCUT2D eigenvalue weighted by Gasteiger charge is 2.25. The van der Waals surface area contributed by atoms with Gasteiger partial charge in [0.15, 0.2) is 11.6 Å². The monoisotopic (exact) mass is 326 g/mol. The predicted octanol–water partition coefficient (Wildman–Crippen LogP) is 2.15. The molecule has 24 heavy (non-hydrogen) atoms. The van der Waals surface area contributed by atoms with Gasteiger partial charge in [0.2, 0.25) is 0 Å². The van der Waals surface area contributed by atoms with Gasteiger partial charge in [0.1, 0.15) is 11.8 Å². The molecule has 126 valence electrons. The minimum absolute atomic E-state index is 0.0595. The minimum atomic E-state index is -0.0595. The van der Waals surface area contributed by atoms with E-state index in [1.165, 1.54) is 0 Å². The molecular formula is C17H22N6O. The van der Waals surface area contributed by atoms with Crippen molar-refractivity contribution in [3.05, 3.63) is 47.9 Å². The first kappa shape index (κ1) is 15.3. The van der Waals surface area contributed by atoms with Crippen LogP contribution >= 0.6 is 0 Å². The van der Waals surface area contributed by atoms with Crippen LogP contribution in [0.1, 0.15) is 43.2 Å². The van der Waals surface area contributed by atoms with Crippen molar-refractivity contribution < 1.29 is 4.74 Å². The van der Waals surface area contributed by atoms with Crippen molar-refractivity contribution >= 4 is 5.65 Å². The number of imidazole rings is 1. The number of nitrogens with zero attached hydrogens (tertiary/aromatic N) is 5. The van der Waals surface area contributed by atoms with Gasteiger partial charge < -0.3 is 9.14 Å². The van der Waals surface area contributed by atoms with Crippen molar-refractivity contribution in [2.75, 3.05) is 19.7 Å². The lowest BCUT2D eigenvalue weighted by Gasteiger charge is -2.31. The fraction of sp³-hybridized carbons (Fsp3) is 0.471. The van der Waals surface area contributed by atoms with Gasteiger partial charge in [-0.25, -0.2) is 9.97 Å². The molecule has 7 heteroatoms. The molecule has 7 nitrogen and oxygen atoms in total. The maximum Gasteiger partial charge on any atom is 0.155 e. The standard InChI is InChI=1S/C17H22N6O/c1-12(2)16-19-17(21-20-16)14-11-22(7-8-24-14)9-13-10-23-6-4-3-5-15(23)18-13/h3-6,10,12,14H,7-9,11H2,1-2H3,(H,19,20,21). The Kier molecular flexibility index (Phi) is 4.03. The molecule has 4 rings (SSSR count). The number of H-pyrrole nitrogens is 1. The van der Waals surface area contributed by atoms with Crippen LogP contribution in [0.2, 0.25) is 0 Å². The van der Waals surface area contributed by atoms with Gasteiger partial charge in [-0.15, -0.1) is 0 Å². The summed E-state index contributed by atoms with van der Waals surface area (Å²) < 4.78 is 7.94. The van der Waals surface area contributed by atoms with Crippen LogP contribution in [0.4, 0.5) is 0 Å². The molecule has 4 heterocycles. The van der Waals surface area contributed by atoms with E-state index >= 15 is 0 Å². The van der Waals surface area contributed by atoms with Gasteiger partial charge in [-0.05, 0) is 12.1 Å². The number of hydrogen-bond acceptors (Lipinski definition) is 5. The Hall–Kier alpha value is -2.25. The third-order valence-electron chi connectivity index (χ3n) is 4.29. The molecular weight excluding hydrogens is 304 g/mol. The van der Waals surface area contributed by atoms with Gasteiger partial charge >= 0.3 is 0 Å². The Balaban J connectivity index is 1.46. The highest BCUT2D eigenvalue weighted by molar-refractivity contribution is 5.39. The highest BCUT2D eigenvalue weighted by Crippen LogP contribution is 2.21. The largest absolute Gasteiger partial charge is 0.368 e. The fourth-order valence-corrected chi connectivity index (χ4v) is 2.99. The number of nitrogens with one attached hydrogen (secondary N) is 1. The van der Waals surface area contributed by atoms with E-state index in [1.54, 1.807) is 0 Å². The molecule has 1 atom stereocenters. The number of pyridine rings is 1. The molecule has 1 N–H and O–H groups in total. The zero-order valence-electron chi connectivity index (χ0n) is 14.0. The second kappa shape index (κ2) is 6.33. The van der Waals surface area contributed by atoms with Crippen LogP contribution < -0.4 is 0 Å². The number of aromatic amines is 1. The number of ether oxygens (including phenoxy) is 1. The van der Waals surface area contributed by atoms with Crippen LogP contribution in [0, 0.1) is 0 Å². The summed E-state index contributed by atoms with van der Waals surface area (Å²) >= 11 is 0. The summed E-state index contributed by atoms with van der Waals surface area (Å²) in [6.45, 7) is 7.37.